The van der Waals surface area contributed by atoms with Crippen LogP contribution in [0.5, 0.6) is 0 Å². The number of carboxylic acids is 1. The minimum atomic E-state index is -0.792. The highest BCUT2D eigenvalue weighted by molar-refractivity contribution is 5.85. The van der Waals surface area contributed by atoms with E-state index in [0.717, 1.165) is 5.56 Å². The standard InChI is InChI=1S/C16H25NO2.ClH/c1-11(2)14(12(3)4)17(5)15(16(18)19)13-9-7-6-8-10-13;/h6-12,14-15H,1-5H3,(H,18,19);1H. The Kier molecular flexibility index (Phi) is 7.84. The lowest BCUT2D eigenvalue weighted by molar-refractivity contribution is -0.144. The summed E-state index contributed by atoms with van der Waals surface area (Å²) in [5.74, 6) is 0.0334. The van der Waals surface area contributed by atoms with Crippen molar-refractivity contribution in [3.8, 4) is 0 Å². The third kappa shape index (κ3) is 4.50. The molecule has 114 valence electrons. The maximum absolute atomic E-state index is 11.6. The van der Waals surface area contributed by atoms with Crippen LogP contribution >= 0.6 is 12.4 Å². The molecule has 1 N–H and O–H groups in total. The Hall–Kier alpha value is -1.06. The van der Waals surface area contributed by atoms with Gasteiger partial charge in [0.2, 0.25) is 0 Å². The predicted molar refractivity (Wildman–Crippen MR) is 85.3 cm³/mol. The van der Waals surface area contributed by atoms with Gasteiger partial charge in [0, 0.05) is 6.04 Å². The highest BCUT2D eigenvalue weighted by Gasteiger charge is 2.32. The first kappa shape index (κ1) is 18.9. The van der Waals surface area contributed by atoms with Crippen molar-refractivity contribution in [2.24, 2.45) is 11.8 Å². The predicted octanol–water partition coefficient (Wildman–Crippen LogP) is 3.85. The molecular formula is C16H26ClNO2. The first-order valence-corrected chi connectivity index (χ1v) is 6.86. The number of aliphatic carboxylic acids is 1. The van der Waals surface area contributed by atoms with Crippen LogP contribution in [-0.4, -0.2) is 29.1 Å². The molecule has 0 amide bonds. The van der Waals surface area contributed by atoms with Gasteiger partial charge < -0.3 is 5.11 Å². The number of hydrogen-bond donors (Lipinski definition) is 1. The van der Waals surface area contributed by atoms with Crippen molar-refractivity contribution in [1.29, 1.82) is 0 Å². The van der Waals surface area contributed by atoms with E-state index in [4.69, 9.17) is 0 Å². The summed E-state index contributed by atoms with van der Waals surface area (Å²) < 4.78 is 0. The SMILES string of the molecule is CC(C)C(C(C)C)N(C)C(C(=O)O)c1ccccc1.Cl. The van der Waals surface area contributed by atoms with E-state index < -0.39 is 12.0 Å². The molecule has 4 heteroatoms. The van der Waals surface area contributed by atoms with Crippen LogP contribution in [0.2, 0.25) is 0 Å². The monoisotopic (exact) mass is 299 g/mol. The summed E-state index contributed by atoms with van der Waals surface area (Å²) in [6, 6.07) is 9.10. The van der Waals surface area contributed by atoms with Crippen LogP contribution < -0.4 is 0 Å². The summed E-state index contributed by atoms with van der Waals surface area (Å²) in [7, 11) is 1.91. The molecule has 1 aromatic rings. The summed E-state index contributed by atoms with van der Waals surface area (Å²) in [6.07, 6.45) is 0. The van der Waals surface area contributed by atoms with E-state index in [1.165, 1.54) is 0 Å². The largest absolute Gasteiger partial charge is 0.480 e. The van der Waals surface area contributed by atoms with Crippen molar-refractivity contribution in [3.63, 3.8) is 0 Å². The van der Waals surface area contributed by atoms with Crippen LogP contribution in [0, 0.1) is 11.8 Å². The molecule has 0 radical (unpaired) electrons. The van der Waals surface area contributed by atoms with Crippen molar-refractivity contribution >= 4 is 18.4 Å². The number of carboxylic acid groups (broad SMARTS) is 1. The fourth-order valence-corrected chi connectivity index (χ4v) is 3.07. The second-order valence-corrected chi connectivity index (χ2v) is 5.80. The lowest BCUT2D eigenvalue weighted by atomic mass is 9.90. The van der Waals surface area contributed by atoms with Gasteiger partial charge in [-0.2, -0.15) is 0 Å². The van der Waals surface area contributed by atoms with Crippen LogP contribution in [0.1, 0.15) is 39.3 Å². The molecule has 0 saturated carbocycles. The second-order valence-electron chi connectivity index (χ2n) is 5.80. The highest BCUT2D eigenvalue weighted by atomic mass is 35.5. The Morgan fingerprint density at radius 3 is 1.85 bits per heavy atom. The van der Waals surface area contributed by atoms with E-state index in [1.54, 1.807) is 0 Å². The van der Waals surface area contributed by atoms with Gasteiger partial charge in [-0.05, 0) is 24.4 Å². The summed E-state index contributed by atoms with van der Waals surface area (Å²) in [5.41, 5.74) is 0.837. The maximum atomic E-state index is 11.6. The number of halogens is 1. The van der Waals surface area contributed by atoms with E-state index in [-0.39, 0.29) is 18.4 Å². The maximum Gasteiger partial charge on any atom is 0.325 e. The Labute approximate surface area is 128 Å². The molecule has 1 atom stereocenters. The van der Waals surface area contributed by atoms with Crippen LogP contribution in [0.25, 0.3) is 0 Å². The fourth-order valence-electron chi connectivity index (χ4n) is 3.07. The minimum Gasteiger partial charge on any atom is -0.480 e. The van der Waals surface area contributed by atoms with Gasteiger partial charge in [-0.1, -0.05) is 58.0 Å². The topological polar surface area (TPSA) is 40.5 Å². The van der Waals surface area contributed by atoms with Crippen molar-refractivity contribution < 1.29 is 9.90 Å². The highest BCUT2D eigenvalue weighted by Crippen LogP contribution is 2.28. The van der Waals surface area contributed by atoms with Crippen LogP contribution in [-0.2, 0) is 4.79 Å². The van der Waals surface area contributed by atoms with Gasteiger partial charge in [-0.15, -0.1) is 12.4 Å². The molecule has 1 unspecified atom stereocenters. The Bertz CT molecular complexity index is 398. The fraction of sp³-hybridized carbons (Fsp3) is 0.562. The molecule has 0 aliphatic carbocycles. The van der Waals surface area contributed by atoms with E-state index >= 15 is 0 Å². The lowest BCUT2D eigenvalue weighted by Gasteiger charge is -2.38. The van der Waals surface area contributed by atoms with E-state index in [9.17, 15) is 9.90 Å². The molecule has 0 heterocycles. The number of nitrogens with zero attached hydrogens (tertiary/aromatic N) is 1. The van der Waals surface area contributed by atoms with E-state index in [0.29, 0.717) is 11.8 Å². The van der Waals surface area contributed by atoms with Gasteiger partial charge in [0.05, 0.1) is 0 Å². The Morgan fingerprint density at radius 2 is 1.50 bits per heavy atom. The van der Waals surface area contributed by atoms with E-state index in [1.807, 2.05) is 42.3 Å². The molecule has 3 nitrogen and oxygen atoms in total. The average molecular weight is 300 g/mol. The molecule has 0 spiro atoms. The smallest absolute Gasteiger partial charge is 0.325 e. The number of hydrogen-bond acceptors (Lipinski definition) is 2. The minimum absolute atomic E-state index is 0. The third-order valence-electron chi connectivity index (χ3n) is 3.59. The van der Waals surface area contributed by atoms with Gasteiger partial charge in [-0.25, -0.2) is 0 Å². The second kappa shape index (κ2) is 8.28. The van der Waals surface area contributed by atoms with Gasteiger partial charge in [0.15, 0.2) is 0 Å². The number of benzene rings is 1. The van der Waals surface area contributed by atoms with Gasteiger partial charge in [-0.3, -0.25) is 9.69 Å². The first-order valence-electron chi connectivity index (χ1n) is 6.86. The number of rotatable bonds is 6. The zero-order valence-corrected chi connectivity index (χ0v) is 13.7. The van der Waals surface area contributed by atoms with Crippen molar-refractivity contribution in [3.05, 3.63) is 35.9 Å². The lowest BCUT2D eigenvalue weighted by Crippen LogP contribution is -2.44. The van der Waals surface area contributed by atoms with Gasteiger partial charge in [0.25, 0.3) is 0 Å². The average Bonchev–Trinajstić information content (AvgIpc) is 2.28. The van der Waals surface area contributed by atoms with E-state index in [2.05, 4.69) is 27.7 Å². The molecule has 0 bridgehead atoms. The van der Waals surface area contributed by atoms with Crippen LogP contribution in [0.3, 0.4) is 0 Å². The number of likely N-dealkylation sites (N-methyl/N-ethyl adjacent to an activating group) is 1. The quantitative estimate of drug-likeness (QED) is 0.867. The normalized spacial score (nSPS) is 12.8. The molecule has 0 saturated heterocycles. The molecule has 0 aliphatic rings. The Balaban J connectivity index is 0.00000361. The molecule has 0 fully saturated rings. The summed E-state index contributed by atoms with van der Waals surface area (Å²) in [5, 5.41) is 9.57. The van der Waals surface area contributed by atoms with Crippen LogP contribution in [0.15, 0.2) is 30.3 Å². The third-order valence-corrected chi connectivity index (χ3v) is 3.59. The Morgan fingerprint density at radius 1 is 1.05 bits per heavy atom. The molecule has 1 aromatic carbocycles. The molecular weight excluding hydrogens is 274 g/mol. The molecule has 0 aliphatic heterocycles. The zero-order valence-electron chi connectivity index (χ0n) is 12.9. The molecule has 1 rings (SSSR count). The summed E-state index contributed by atoms with van der Waals surface area (Å²) in [6.45, 7) is 8.58. The van der Waals surface area contributed by atoms with Gasteiger partial charge in [0.1, 0.15) is 6.04 Å². The first-order chi connectivity index (χ1) is 8.86. The van der Waals surface area contributed by atoms with Crippen LogP contribution in [0.4, 0.5) is 0 Å². The molecule has 20 heavy (non-hydrogen) atoms. The molecule has 0 aromatic heterocycles. The van der Waals surface area contributed by atoms with Crippen molar-refractivity contribution in [2.75, 3.05) is 7.05 Å². The van der Waals surface area contributed by atoms with Crippen molar-refractivity contribution in [2.45, 2.75) is 39.8 Å². The summed E-state index contributed by atoms with van der Waals surface area (Å²) in [4.78, 5) is 13.6. The van der Waals surface area contributed by atoms with Gasteiger partial charge >= 0.3 is 5.97 Å². The number of carbonyl (C=O) groups is 1. The van der Waals surface area contributed by atoms with Crippen molar-refractivity contribution in [1.82, 2.24) is 4.90 Å². The zero-order chi connectivity index (χ0) is 14.6. The summed E-state index contributed by atoms with van der Waals surface area (Å²) >= 11 is 0.